The van der Waals surface area contributed by atoms with E-state index >= 15 is 0 Å². The van der Waals surface area contributed by atoms with Gasteiger partial charge >= 0.3 is 5.69 Å². The Bertz CT molecular complexity index is 1180. The van der Waals surface area contributed by atoms with Crippen LogP contribution in [0.3, 0.4) is 0 Å². The Hall–Kier alpha value is -4.45. The van der Waals surface area contributed by atoms with Crippen LogP contribution in [0.5, 0.6) is 11.5 Å². The number of ether oxygens (including phenoxy) is 1. The van der Waals surface area contributed by atoms with Crippen molar-refractivity contribution < 1.29 is 14.6 Å². The standard InChI is InChI=1S/C21H16N4O5/c1-13-4-3-5-20(14(13)2)30-21-10-17(18(24(26)27)11-19(21)25(28)29)23-16-8-6-15(12-22)7-9-16/h3-11,23H,1-2H3. The van der Waals surface area contributed by atoms with Gasteiger partial charge in [0.1, 0.15) is 17.5 Å². The molecule has 0 amide bonds. The Morgan fingerprint density at radius 2 is 1.60 bits per heavy atom. The van der Waals surface area contributed by atoms with E-state index in [-0.39, 0.29) is 11.4 Å². The number of hydrogen-bond donors (Lipinski definition) is 1. The zero-order valence-corrected chi connectivity index (χ0v) is 16.1. The molecule has 0 aliphatic carbocycles. The fourth-order valence-electron chi connectivity index (χ4n) is 2.77. The van der Waals surface area contributed by atoms with Crippen LogP contribution >= 0.6 is 0 Å². The predicted octanol–water partition coefficient (Wildman–Crippen LogP) is 5.53. The SMILES string of the molecule is Cc1cccc(Oc2cc(Nc3ccc(C#N)cc3)c([N+](=O)[O-])cc2[N+](=O)[O-])c1C. The van der Waals surface area contributed by atoms with Crippen molar-refractivity contribution in [2.75, 3.05) is 5.32 Å². The van der Waals surface area contributed by atoms with Gasteiger partial charge in [-0.3, -0.25) is 20.2 Å². The molecular weight excluding hydrogens is 388 g/mol. The number of aryl methyl sites for hydroxylation is 1. The van der Waals surface area contributed by atoms with E-state index in [0.29, 0.717) is 17.0 Å². The highest BCUT2D eigenvalue weighted by molar-refractivity contribution is 5.75. The maximum Gasteiger partial charge on any atom is 0.318 e. The molecule has 1 N–H and O–H groups in total. The summed E-state index contributed by atoms with van der Waals surface area (Å²) >= 11 is 0. The number of nitriles is 1. The van der Waals surface area contributed by atoms with Crippen molar-refractivity contribution in [1.82, 2.24) is 0 Å². The van der Waals surface area contributed by atoms with Crippen LogP contribution in [0.25, 0.3) is 0 Å². The van der Waals surface area contributed by atoms with Gasteiger partial charge in [0.2, 0.25) is 5.75 Å². The van der Waals surface area contributed by atoms with Crippen molar-refractivity contribution >= 4 is 22.7 Å². The first-order valence-corrected chi connectivity index (χ1v) is 8.78. The van der Waals surface area contributed by atoms with Crippen LogP contribution in [0.4, 0.5) is 22.7 Å². The summed E-state index contributed by atoms with van der Waals surface area (Å²) in [6, 6.07) is 15.6. The highest BCUT2D eigenvalue weighted by Crippen LogP contribution is 2.41. The van der Waals surface area contributed by atoms with Gasteiger partial charge in [-0.05, 0) is 55.3 Å². The van der Waals surface area contributed by atoms with E-state index < -0.39 is 21.2 Å². The summed E-state index contributed by atoms with van der Waals surface area (Å²) in [7, 11) is 0. The first-order chi connectivity index (χ1) is 14.3. The number of nitrogens with one attached hydrogen (secondary N) is 1. The topological polar surface area (TPSA) is 131 Å². The second-order valence-corrected chi connectivity index (χ2v) is 6.47. The van der Waals surface area contributed by atoms with Gasteiger partial charge in [-0.15, -0.1) is 0 Å². The molecule has 0 aromatic heterocycles. The van der Waals surface area contributed by atoms with E-state index in [2.05, 4.69) is 5.32 Å². The molecule has 3 aromatic rings. The third-order valence-electron chi connectivity index (χ3n) is 4.54. The molecule has 0 unspecified atom stereocenters. The summed E-state index contributed by atoms with van der Waals surface area (Å²) in [5, 5.41) is 34.8. The third kappa shape index (κ3) is 4.18. The average Bonchev–Trinajstić information content (AvgIpc) is 2.71. The van der Waals surface area contributed by atoms with Crippen molar-refractivity contribution in [3.63, 3.8) is 0 Å². The van der Waals surface area contributed by atoms with Crippen LogP contribution < -0.4 is 10.1 Å². The van der Waals surface area contributed by atoms with Crippen molar-refractivity contribution in [3.8, 4) is 17.6 Å². The Morgan fingerprint density at radius 3 is 2.20 bits per heavy atom. The Morgan fingerprint density at radius 1 is 0.933 bits per heavy atom. The predicted molar refractivity (Wildman–Crippen MR) is 110 cm³/mol. The summed E-state index contributed by atoms with van der Waals surface area (Å²) in [5.74, 6) is 0.284. The van der Waals surface area contributed by atoms with Crippen molar-refractivity contribution in [1.29, 1.82) is 5.26 Å². The minimum Gasteiger partial charge on any atom is -0.450 e. The lowest BCUT2D eigenvalue weighted by molar-refractivity contribution is -0.394. The molecule has 0 fully saturated rings. The van der Waals surface area contributed by atoms with Crippen molar-refractivity contribution in [2.24, 2.45) is 0 Å². The number of hydrogen-bond acceptors (Lipinski definition) is 7. The van der Waals surface area contributed by atoms with Crippen LogP contribution in [-0.4, -0.2) is 9.85 Å². The number of nitrogens with zero attached hydrogens (tertiary/aromatic N) is 3. The summed E-state index contributed by atoms with van der Waals surface area (Å²) in [5.41, 5.74) is 1.67. The minimum atomic E-state index is -0.723. The van der Waals surface area contributed by atoms with Crippen LogP contribution in [-0.2, 0) is 0 Å². The van der Waals surface area contributed by atoms with Gasteiger partial charge in [-0.2, -0.15) is 5.26 Å². The molecule has 0 saturated heterocycles. The highest BCUT2D eigenvalue weighted by atomic mass is 16.6. The normalized spacial score (nSPS) is 10.2. The second-order valence-electron chi connectivity index (χ2n) is 6.47. The van der Waals surface area contributed by atoms with Crippen LogP contribution in [0, 0.1) is 45.4 Å². The van der Waals surface area contributed by atoms with Crippen molar-refractivity contribution in [2.45, 2.75) is 13.8 Å². The number of anilines is 2. The quantitative estimate of drug-likeness (QED) is 0.422. The summed E-state index contributed by atoms with van der Waals surface area (Å²) < 4.78 is 5.78. The Kier molecular flexibility index (Phi) is 5.60. The molecule has 0 saturated carbocycles. The zero-order chi connectivity index (χ0) is 21.8. The lowest BCUT2D eigenvalue weighted by Crippen LogP contribution is -2.02. The van der Waals surface area contributed by atoms with E-state index in [0.717, 1.165) is 17.2 Å². The molecule has 0 radical (unpaired) electrons. The van der Waals surface area contributed by atoms with Gasteiger partial charge in [0, 0.05) is 11.8 Å². The van der Waals surface area contributed by atoms with E-state index in [4.69, 9.17) is 10.00 Å². The van der Waals surface area contributed by atoms with Crippen LogP contribution in [0.2, 0.25) is 0 Å². The van der Waals surface area contributed by atoms with Gasteiger partial charge in [0.05, 0.1) is 21.5 Å². The molecule has 9 heteroatoms. The van der Waals surface area contributed by atoms with Crippen LogP contribution in [0.15, 0.2) is 54.6 Å². The number of nitro benzene ring substituents is 2. The molecule has 3 rings (SSSR count). The van der Waals surface area contributed by atoms with E-state index in [9.17, 15) is 20.2 Å². The third-order valence-corrected chi connectivity index (χ3v) is 4.54. The first kappa shape index (κ1) is 20.3. The van der Waals surface area contributed by atoms with Gasteiger partial charge in [0.25, 0.3) is 5.69 Å². The molecule has 0 aliphatic heterocycles. The molecule has 9 nitrogen and oxygen atoms in total. The average molecular weight is 404 g/mol. The molecule has 30 heavy (non-hydrogen) atoms. The lowest BCUT2D eigenvalue weighted by Gasteiger charge is -2.13. The first-order valence-electron chi connectivity index (χ1n) is 8.78. The largest absolute Gasteiger partial charge is 0.450 e. The van der Waals surface area contributed by atoms with Gasteiger partial charge < -0.3 is 10.1 Å². The number of rotatable bonds is 6. The molecule has 0 aliphatic rings. The fourth-order valence-corrected chi connectivity index (χ4v) is 2.77. The van der Waals surface area contributed by atoms with Gasteiger partial charge in [-0.1, -0.05) is 12.1 Å². The molecule has 0 atom stereocenters. The Balaban J connectivity index is 2.09. The number of nitro groups is 2. The zero-order valence-electron chi connectivity index (χ0n) is 16.1. The molecular formula is C21H16N4O5. The molecule has 0 bridgehead atoms. The van der Waals surface area contributed by atoms with Crippen molar-refractivity contribution in [3.05, 3.63) is 91.5 Å². The Labute approximate surface area is 171 Å². The lowest BCUT2D eigenvalue weighted by atomic mass is 10.1. The summed E-state index contributed by atoms with van der Waals surface area (Å²) in [4.78, 5) is 21.6. The fraction of sp³-hybridized carbons (Fsp3) is 0.0952. The van der Waals surface area contributed by atoms with Gasteiger partial charge in [-0.25, -0.2) is 0 Å². The highest BCUT2D eigenvalue weighted by Gasteiger charge is 2.26. The number of benzene rings is 3. The molecule has 150 valence electrons. The van der Waals surface area contributed by atoms with Gasteiger partial charge in [0.15, 0.2) is 0 Å². The second kappa shape index (κ2) is 8.28. The summed E-state index contributed by atoms with van der Waals surface area (Å²) in [6.07, 6.45) is 0. The van der Waals surface area contributed by atoms with E-state index in [1.807, 2.05) is 26.0 Å². The maximum absolute atomic E-state index is 11.5. The minimum absolute atomic E-state index is 0.0237. The van der Waals surface area contributed by atoms with E-state index in [1.54, 1.807) is 36.4 Å². The molecule has 0 spiro atoms. The monoisotopic (exact) mass is 404 g/mol. The van der Waals surface area contributed by atoms with Crippen LogP contribution in [0.1, 0.15) is 16.7 Å². The molecule has 0 heterocycles. The van der Waals surface area contributed by atoms with E-state index in [1.165, 1.54) is 6.07 Å². The maximum atomic E-state index is 11.5. The molecule has 3 aromatic carbocycles. The summed E-state index contributed by atoms with van der Waals surface area (Å²) in [6.45, 7) is 3.70. The smallest absolute Gasteiger partial charge is 0.318 e.